The van der Waals surface area contributed by atoms with E-state index in [9.17, 15) is 4.79 Å². The molecule has 110 valence electrons. The van der Waals surface area contributed by atoms with Gasteiger partial charge in [-0.25, -0.2) is 0 Å². The molecule has 0 aromatic rings. The average molecular weight is 268 g/mol. The lowest BCUT2D eigenvalue weighted by molar-refractivity contribution is -0.138. The molecule has 0 spiro atoms. The lowest BCUT2D eigenvalue weighted by atomic mass is 9.85. The summed E-state index contributed by atoms with van der Waals surface area (Å²) in [6.07, 6.45) is 4.05. The maximum Gasteiger partial charge on any atom is 0.230 e. The van der Waals surface area contributed by atoms with Crippen LogP contribution >= 0.6 is 0 Å². The molecule has 5 heteroatoms. The summed E-state index contributed by atoms with van der Waals surface area (Å²) in [7, 11) is 3.62. The number of nitrogens with one attached hydrogen (secondary N) is 1. The summed E-state index contributed by atoms with van der Waals surface area (Å²) < 4.78 is 0. The van der Waals surface area contributed by atoms with Crippen LogP contribution in [0.2, 0.25) is 0 Å². The second-order valence-corrected chi connectivity index (χ2v) is 6.16. The van der Waals surface area contributed by atoms with E-state index in [0.29, 0.717) is 18.4 Å². The maximum atomic E-state index is 12.3. The summed E-state index contributed by atoms with van der Waals surface area (Å²) in [5.74, 6) is 1.16. The van der Waals surface area contributed by atoms with E-state index in [0.717, 1.165) is 32.2 Å². The van der Waals surface area contributed by atoms with Gasteiger partial charge in [0.2, 0.25) is 5.91 Å². The largest absolute Gasteiger partial charge is 0.370 e. The number of amides is 1. The molecule has 0 radical (unpaired) electrons. The molecule has 0 bridgehead atoms. The molecule has 0 unspecified atom stereocenters. The number of guanidine groups is 1. The van der Waals surface area contributed by atoms with Crippen LogP contribution in [0.1, 0.15) is 39.5 Å². The number of carbonyl (C=O) groups is 1. The van der Waals surface area contributed by atoms with Crippen molar-refractivity contribution in [2.24, 2.45) is 22.1 Å². The van der Waals surface area contributed by atoms with Crippen molar-refractivity contribution >= 4 is 11.9 Å². The zero-order valence-electron chi connectivity index (χ0n) is 12.7. The van der Waals surface area contributed by atoms with Crippen molar-refractivity contribution in [3.8, 4) is 0 Å². The third-order valence-corrected chi connectivity index (χ3v) is 3.66. The van der Waals surface area contributed by atoms with Gasteiger partial charge in [-0.05, 0) is 18.8 Å². The van der Waals surface area contributed by atoms with Crippen molar-refractivity contribution in [2.45, 2.75) is 39.5 Å². The van der Waals surface area contributed by atoms with Gasteiger partial charge in [-0.2, -0.15) is 0 Å². The Labute approximate surface area is 116 Å². The minimum atomic E-state index is -0.326. The van der Waals surface area contributed by atoms with Gasteiger partial charge in [0.1, 0.15) is 0 Å². The fourth-order valence-electron chi connectivity index (χ4n) is 2.57. The number of nitrogens with zero attached hydrogens (tertiary/aromatic N) is 2. The molecule has 0 atom stereocenters. The summed E-state index contributed by atoms with van der Waals surface area (Å²) in [4.78, 5) is 18.4. The maximum absolute atomic E-state index is 12.3. The first-order valence-electron chi connectivity index (χ1n) is 7.13. The van der Waals surface area contributed by atoms with E-state index in [1.54, 1.807) is 4.90 Å². The number of aliphatic imine (C=N–C) groups is 1. The van der Waals surface area contributed by atoms with Gasteiger partial charge in [0.15, 0.2) is 5.96 Å². The normalized spacial score (nSPS) is 18.7. The Morgan fingerprint density at radius 2 is 1.95 bits per heavy atom. The quantitative estimate of drug-likeness (QED) is 0.581. The first kappa shape index (κ1) is 15.8. The molecular formula is C14H28N4O. The minimum absolute atomic E-state index is 0.186. The van der Waals surface area contributed by atoms with E-state index in [1.807, 2.05) is 14.1 Å². The lowest BCUT2D eigenvalue weighted by Gasteiger charge is -2.29. The fraction of sp³-hybridized carbons (Fsp3) is 0.857. The number of hydrogen-bond donors (Lipinski definition) is 2. The van der Waals surface area contributed by atoms with E-state index >= 15 is 0 Å². The lowest BCUT2D eigenvalue weighted by Crippen LogP contribution is -2.42. The summed E-state index contributed by atoms with van der Waals surface area (Å²) in [5.41, 5.74) is 5.52. The van der Waals surface area contributed by atoms with Gasteiger partial charge in [-0.3, -0.25) is 9.79 Å². The van der Waals surface area contributed by atoms with E-state index < -0.39 is 0 Å². The minimum Gasteiger partial charge on any atom is -0.370 e. The first-order chi connectivity index (χ1) is 8.87. The van der Waals surface area contributed by atoms with Gasteiger partial charge in [-0.1, -0.05) is 26.7 Å². The Balaban J connectivity index is 2.64. The van der Waals surface area contributed by atoms with E-state index in [-0.39, 0.29) is 11.3 Å². The Kier molecular flexibility index (Phi) is 5.63. The highest BCUT2D eigenvalue weighted by Crippen LogP contribution is 2.39. The molecule has 0 heterocycles. The van der Waals surface area contributed by atoms with Crippen molar-refractivity contribution in [2.75, 3.05) is 27.2 Å². The predicted molar refractivity (Wildman–Crippen MR) is 78.9 cm³/mol. The Morgan fingerprint density at radius 1 is 1.37 bits per heavy atom. The van der Waals surface area contributed by atoms with Gasteiger partial charge in [0.25, 0.3) is 0 Å². The van der Waals surface area contributed by atoms with Gasteiger partial charge in [0.05, 0.1) is 12.0 Å². The van der Waals surface area contributed by atoms with Crippen LogP contribution in [0.25, 0.3) is 0 Å². The number of carbonyl (C=O) groups excluding carboxylic acids is 1. The highest BCUT2D eigenvalue weighted by atomic mass is 16.2. The highest BCUT2D eigenvalue weighted by molar-refractivity contribution is 5.84. The van der Waals surface area contributed by atoms with E-state index in [2.05, 4.69) is 24.2 Å². The Bertz CT molecular complexity index is 330. The second kappa shape index (κ2) is 6.78. The van der Waals surface area contributed by atoms with E-state index in [1.165, 1.54) is 0 Å². The van der Waals surface area contributed by atoms with Crippen LogP contribution in [0.15, 0.2) is 4.99 Å². The second-order valence-electron chi connectivity index (χ2n) is 6.16. The molecule has 1 saturated carbocycles. The SMILES string of the molecule is CC(C)CNC(N)=NCC1(C(=O)N(C)C)CCCC1. The third kappa shape index (κ3) is 4.40. The molecular weight excluding hydrogens is 240 g/mol. The van der Waals surface area contributed by atoms with Crippen LogP contribution in [-0.2, 0) is 4.79 Å². The molecule has 3 N–H and O–H groups in total. The van der Waals surface area contributed by atoms with Crippen molar-refractivity contribution in [3.63, 3.8) is 0 Å². The molecule has 0 aliphatic heterocycles. The molecule has 0 saturated heterocycles. The van der Waals surface area contributed by atoms with Gasteiger partial charge in [-0.15, -0.1) is 0 Å². The molecule has 1 aliphatic rings. The van der Waals surface area contributed by atoms with Gasteiger partial charge < -0.3 is 16.0 Å². The van der Waals surface area contributed by atoms with Crippen LogP contribution in [0.5, 0.6) is 0 Å². The molecule has 1 fully saturated rings. The standard InChI is InChI=1S/C14H28N4O/c1-11(2)9-16-13(15)17-10-14(7-5-6-8-14)12(19)18(3)4/h11H,5-10H2,1-4H3,(H3,15,16,17). The fourth-order valence-corrected chi connectivity index (χ4v) is 2.57. The summed E-state index contributed by atoms with van der Waals surface area (Å²) in [6, 6.07) is 0. The van der Waals surface area contributed by atoms with Crippen molar-refractivity contribution in [3.05, 3.63) is 0 Å². The van der Waals surface area contributed by atoms with Crippen molar-refractivity contribution < 1.29 is 4.79 Å². The summed E-state index contributed by atoms with van der Waals surface area (Å²) in [6.45, 7) is 5.55. The Morgan fingerprint density at radius 3 is 2.42 bits per heavy atom. The molecule has 19 heavy (non-hydrogen) atoms. The molecule has 1 amide bonds. The van der Waals surface area contributed by atoms with Gasteiger partial charge >= 0.3 is 0 Å². The van der Waals surface area contributed by atoms with Crippen LogP contribution in [0.3, 0.4) is 0 Å². The monoisotopic (exact) mass is 268 g/mol. The first-order valence-corrected chi connectivity index (χ1v) is 7.13. The Hall–Kier alpha value is -1.26. The average Bonchev–Trinajstić information content (AvgIpc) is 2.82. The topological polar surface area (TPSA) is 70.7 Å². The number of nitrogens with two attached hydrogens (primary N) is 1. The van der Waals surface area contributed by atoms with Crippen LogP contribution < -0.4 is 11.1 Å². The van der Waals surface area contributed by atoms with E-state index in [4.69, 9.17) is 5.73 Å². The van der Waals surface area contributed by atoms with Crippen molar-refractivity contribution in [1.29, 1.82) is 0 Å². The van der Waals surface area contributed by atoms with Crippen LogP contribution in [0.4, 0.5) is 0 Å². The smallest absolute Gasteiger partial charge is 0.230 e. The van der Waals surface area contributed by atoms with Crippen molar-refractivity contribution in [1.82, 2.24) is 10.2 Å². The molecule has 1 aliphatic carbocycles. The van der Waals surface area contributed by atoms with Crippen LogP contribution in [0, 0.1) is 11.3 Å². The van der Waals surface area contributed by atoms with Crippen LogP contribution in [-0.4, -0.2) is 44.0 Å². The highest BCUT2D eigenvalue weighted by Gasteiger charge is 2.41. The summed E-state index contributed by atoms with van der Waals surface area (Å²) in [5, 5.41) is 3.09. The number of rotatable bonds is 5. The predicted octanol–water partition coefficient (Wildman–Crippen LogP) is 1.20. The zero-order chi connectivity index (χ0) is 14.5. The molecule has 1 rings (SSSR count). The molecule has 0 aromatic carbocycles. The van der Waals surface area contributed by atoms with Gasteiger partial charge in [0, 0.05) is 20.6 Å². The third-order valence-electron chi connectivity index (χ3n) is 3.66. The zero-order valence-corrected chi connectivity index (χ0v) is 12.7. The molecule has 5 nitrogen and oxygen atoms in total. The summed E-state index contributed by atoms with van der Waals surface area (Å²) >= 11 is 0. The molecule has 0 aromatic heterocycles. The number of hydrogen-bond acceptors (Lipinski definition) is 2.